The van der Waals surface area contributed by atoms with Crippen LogP contribution in [0, 0.1) is 5.82 Å². The number of aliphatic hydroxyl groups is 1. The molecule has 0 saturated carbocycles. The Labute approximate surface area is 107 Å². The van der Waals surface area contributed by atoms with Gasteiger partial charge in [0.1, 0.15) is 18.0 Å². The standard InChI is InChI=1S/C11H11FN4O3/c1-16-10(8(18)5-17)6(3-14-16)9-7(12)4-13-11(15-9)19-2/h3-4,17H,5H2,1-2H3. The number of halogens is 1. The van der Waals surface area contributed by atoms with Gasteiger partial charge in [0, 0.05) is 7.05 Å². The topological polar surface area (TPSA) is 90.1 Å². The van der Waals surface area contributed by atoms with Crippen LogP contribution >= 0.6 is 0 Å². The van der Waals surface area contributed by atoms with Gasteiger partial charge in [0.25, 0.3) is 0 Å². The van der Waals surface area contributed by atoms with Crippen LogP contribution in [-0.4, -0.2) is 44.4 Å². The molecule has 0 aromatic carbocycles. The van der Waals surface area contributed by atoms with Crippen molar-refractivity contribution in [1.29, 1.82) is 0 Å². The van der Waals surface area contributed by atoms with Crippen molar-refractivity contribution in [3.8, 4) is 17.3 Å². The molecule has 2 rings (SSSR count). The van der Waals surface area contributed by atoms with Gasteiger partial charge in [-0.25, -0.2) is 9.37 Å². The van der Waals surface area contributed by atoms with Gasteiger partial charge in [-0.2, -0.15) is 10.1 Å². The average molecular weight is 266 g/mol. The summed E-state index contributed by atoms with van der Waals surface area (Å²) in [4.78, 5) is 19.1. The SMILES string of the molecule is COc1ncc(F)c(-c2cnn(C)c2C(=O)CO)n1. The Balaban J connectivity index is 2.62. The van der Waals surface area contributed by atoms with Crippen LogP contribution in [0.4, 0.5) is 4.39 Å². The molecule has 7 nitrogen and oxygen atoms in total. The van der Waals surface area contributed by atoms with Gasteiger partial charge in [0.2, 0.25) is 5.78 Å². The molecule has 0 saturated heterocycles. The molecule has 0 aliphatic carbocycles. The van der Waals surface area contributed by atoms with E-state index in [2.05, 4.69) is 15.1 Å². The smallest absolute Gasteiger partial charge is 0.316 e. The van der Waals surface area contributed by atoms with Crippen molar-refractivity contribution in [2.45, 2.75) is 0 Å². The first-order chi connectivity index (χ1) is 9.08. The van der Waals surface area contributed by atoms with E-state index in [0.29, 0.717) is 0 Å². The first-order valence-corrected chi connectivity index (χ1v) is 5.31. The van der Waals surface area contributed by atoms with Crippen LogP contribution in [0.5, 0.6) is 6.01 Å². The van der Waals surface area contributed by atoms with Gasteiger partial charge < -0.3 is 9.84 Å². The number of carbonyl (C=O) groups is 1. The maximum atomic E-state index is 13.8. The molecule has 100 valence electrons. The van der Waals surface area contributed by atoms with E-state index >= 15 is 0 Å². The summed E-state index contributed by atoms with van der Waals surface area (Å²) in [6.45, 7) is -0.698. The Morgan fingerprint density at radius 1 is 1.53 bits per heavy atom. The molecule has 0 spiro atoms. The molecule has 2 aromatic heterocycles. The second kappa shape index (κ2) is 5.11. The minimum absolute atomic E-state index is 0.0253. The number of methoxy groups -OCH3 is 1. The molecule has 1 N–H and O–H groups in total. The van der Waals surface area contributed by atoms with Gasteiger partial charge in [0.05, 0.1) is 25.1 Å². The molecule has 2 heterocycles. The molecule has 8 heteroatoms. The van der Waals surface area contributed by atoms with E-state index in [4.69, 9.17) is 9.84 Å². The van der Waals surface area contributed by atoms with Crippen molar-refractivity contribution < 1.29 is 19.0 Å². The minimum atomic E-state index is -0.708. The van der Waals surface area contributed by atoms with Gasteiger partial charge in [-0.15, -0.1) is 0 Å². The summed E-state index contributed by atoms with van der Waals surface area (Å²) < 4.78 is 19.8. The lowest BCUT2D eigenvalue weighted by molar-refractivity contribution is 0.0895. The van der Waals surface area contributed by atoms with Gasteiger partial charge in [0.15, 0.2) is 5.82 Å². The minimum Gasteiger partial charge on any atom is -0.467 e. The van der Waals surface area contributed by atoms with Gasteiger partial charge in [-0.1, -0.05) is 0 Å². The van der Waals surface area contributed by atoms with E-state index in [1.807, 2.05) is 0 Å². The van der Waals surface area contributed by atoms with Crippen LogP contribution in [0.15, 0.2) is 12.4 Å². The Morgan fingerprint density at radius 2 is 2.26 bits per heavy atom. The van der Waals surface area contributed by atoms with E-state index in [-0.39, 0.29) is 23.0 Å². The van der Waals surface area contributed by atoms with Crippen molar-refractivity contribution >= 4 is 5.78 Å². The third-order valence-electron chi connectivity index (χ3n) is 2.51. The Bertz CT molecular complexity index is 626. The number of hydrogen-bond acceptors (Lipinski definition) is 6. The zero-order chi connectivity index (χ0) is 14.0. The second-order valence-corrected chi connectivity index (χ2v) is 3.66. The normalized spacial score (nSPS) is 10.5. The molecule has 0 atom stereocenters. The molecule has 0 amide bonds. The van der Waals surface area contributed by atoms with Crippen LogP contribution in [-0.2, 0) is 7.05 Å². The predicted molar refractivity (Wildman–Crippen MR) is 62.2 cm³/mol. The zero-order valence-electron chi connectivity index (χ0n) is 10.3. The number of carbonyl (C=O) groups excluding carboxylic acids is 1. The van der Waals surface area contributed by atoms with Crippen LogP contribution in [0.25, 0.3) is 11.3 Å². The lowest BCUT2D eigenvalue weighted by Gasteiger charge is -2.05. The number of ether oxygens (including phenoxy) is 1. The number of aromatic nitrogens is 4. The molecule has 0 aliphatic heterocycles. The van der Waals surface area contributed by atoms with E-state index < -0.39 is 18.2 Å². The van der Waals surface area contributed by atoms with Gasteiger partial charge in [-0.05, 0) is 0 Å². The average Bonchev–Trinajstić information content (AvgIpc) is 2.80. The van der Waals surface area contributed by atoms with Crippen molar-refractivity contribution in [2.75, 3.05) is 13.7 Å². The molecule has 0 fully saturated rings. The fourth-order valence-electron chi connectivity index (χ4n) is 1.65. The summed E-state index contributed by atoms with van der Waals surface area (Å²) in [6, 6.07) is -0.0253. The summed E-state index contributed by atoms with van der Waals surface area (Å²) in [7, 11) is 2.86. The van der Waals surface area contributed by atoms with Crippen LogP contribution in [0.1, 0.15) is 10.5 Å². The van der Waals surface area contributed by atoms with Gasteiger partial charge >= 0.3 is 6.01 Å². The monoisotopic (exact) mass is 266 g/mol. The number of Topliss-reactive ketones (excluding diaryl/α,β-unsaturated/α-hetero) is 1. The summed E-state index contributed by atoms with van der Waals surface area (Å²) in [5.74, 6) is -1.28. The van der Waals surface area contributed by atoms with Crippen molar-refractivity contribution in [2.24, 2.45) is 7.05 Å². The number of aliphatic hydroxyl groups excluding tert-OH is 1. The molecule has 0 unspecified atom stereocenters. The van der Waals surface area contributed by atoms with Crippen molar-refractivity contribution in [3.05, 3.63) is 23.9 Å². The molecular formula is C11H11FN4O3. The first-order valence-electron chi connectivity index (χ1n) is 5.31. The third-order valence-corrected chi connectivity index (χ3v) is 2.51. The Kier molecular flexibility index (Phi) is 3.52. The quantitative estimate of drug-likeness (QED) is 0.795. The van der Waals surface area contributed by atoms with E-state index in [0.717, 1.165) is 6.20 Å². The Hall–Kier alpha value is -2.35. The van der Waals surface area contributed by atoms with Crippen molar-refractivity contribution in [1.82, 2.24) is 19.7 Å². The largest absolute Gasteiger partial charge is 0.467 e. The number of ketones is 1. The molecule has 2 aromatic rings. The highest BCUT2D eigenvalue weighted by Gasteiger charge is 2.21. The predicted octanol–water partition coefficient (Wildman–Crippen LogP) is 0.200. The highest BCUT2D eigenvalue weighted by Crippen LogP contribution is 2.25. The van der Waals surface area contributed by atoms with E-state index in [1.54, 1.807) is 0 Å². The molecular weight excluding hydrogens is 255 g/mol. The van der Waals surface area contributed by atoms with Crippen molar-refractivity contribution in [3.63, 3.8) is 0 Å². The maximum absolute atomic E-state index is 13.8. The molecule has 0 bridgehead atoms. The highest BCUT2D eigenvalue weighted by atomic mass is 19.1. The molecule has 0 radical (unpaired) electrons. The summed E-state index contributed by atoms with van der Waals surface area (Å²) >= 11 is 0. The van der Waals surface area contributed by atoms with Crippen LogP contribution in [0.3, 0.4) is 0 Å². The fraction of sp³-hybridized carbons (Fsp3) is 0.273. The molecule has 19 heavy (non-hydrogen) atoms. The number of rotatable bonds is 4. The summed E-state index contributed by atoms with van der Waals surface area (Å²) in [6.07, 6.45) is 2.25. The highest BCUT2D eigenvalue weighted by molar-refractivity contribution is 6.01. The summed E-state index contributed by atoms with van der Waals surface area (Å²) in [5.41, 5.74) is 0.152. The van der Waals surface area contributed by atoms with Crippen LogP contribution in [0.2, 0.25) is 0 Å². The van der Waals surface area contributed by atoms with E-state index in [9.17, 15) is 9.18 Å². The zero-order valence-corrected chi connectivity index (χ0v) is 10.3. The van der Waals surface area contributed by atoms with Crippen LogP contribution < -0.4 is 4.74 Å². The number of nitrogens with zero attached hydrogens (tertiary/aromatic N) is 4. The number of hydrogen-bond donors (Lipinski definition) is 1. The van der Waals surface area contributed by atoms with E-state index in [1.165, 1.54) is 25.0 Å². The number of aryl methyl sites for hydroxylation is 1. The molecule has 0 aliphatic rings. The summed E-state index contributed by atoms with van der Waals surface area (Å²) in [5, 5.41) is 12.8. The second-order valence-electron chi connectivity index (χ2n) is 3.66. The Morgan fingerprint density at radius 3 is 2.89 bits per heavy atom. The lowest BCUT2D eigenvalue weighted by atomic mass is 10.1. The third kappa shape index (κ3) is 2.29. The van der Waals surface area contributed by atoms with Gasteiger partial charge in [-0.3, -0.25) is 9.48 Å². The fourth-order valence-corrected chi connectivity index (χ4v) is 1.65. The lowest BCUT2D eigenvalue weighted by Crippen LogP contribution is -2.12. The maximum Gasteiger partial charge on any atom is 0.316 e. The first kappa shape index (κ1) is 13.1.